The van der Waals surface area contributed by atoms with Gasteiger partial charge in [-0.3, -0.25) is 0 Å². The van der Waals surface area contributed by atoms with E-state index < -0.39 is 17.3 Å². The van der Waals surface area contributed by atoms with Crippen LogP contribution < -0.4 is 10.1 Å². The van der Waals surface area contributed by atoms with Gasteiger partial charge in [0.15, 0.2) is 0 Å². The normalized spacial score (nSPS) is 26.0. The average Bonchev–Trinajstić information content (AvgIpc) is 2.60. The van der Waals surface area contributed by atoms with Crippen LogP contribution in [0.25, 0.3) is 0 Å². The Balaban J connectivity index is 1.91. The van der Waals surface area contributed by atoms with Crippen LogP contribution in [0.2, 0.25) is 0 Å². The summed E-state index contributed by atoms with van der Waals surface area (Å²) < 4.78 is 43.6. The quantitative estimate of drug-likeness (QED) is 0.749. The van der Waals surface area contributed by atoms with E-state index in [1.165, 1.54) is 25.3 Å². The lowest BCUT2D eigenvalue weighted by molar-refractivity contribution is -0.137. The molecular weight excluding hydrogens is 359 g/mol. The molecule has 1 heterocycles. The molecule has 0 bridgehead atoms. The number of hydrogen-bond donors (Lipinski definition) is 3. The number of benzene rings is 2. The smallest absolute Gasteiger partial charge is 0.416 e. The number of halogens is 3. The Morgan fingerprint density at radius 2 is 1.78 bits per heavy atom. The van der Waals surface area contributed by atoms with Crippen molar-refractivity contribution < 1.29 is 28.1 Å². The predicted molar refractivity (Wildman–Crippen MR) is 94.6 cm³/mol. The number of methoxy groups -OCH3 is 1. The van der Waals surface area contributed by atoms with E-state index in [0.717, 1.165) is 17.7 Å². The minimum atomic E-state index is -4.41. The third-order valence-electron chi connectivity index (χ3n) is 4.97. The number of ether oxygens (including phenoxy) is 1. The van der Waals surface area contributed by atoms with Crippen LogP contribution in [-0.2, 0) is 11.8 Å². The van der Waals surface area contributed by atoms with Gasteiger partial charge >= 0.3 is 6.18 Å². The molecule has 0 spiro atoms. The van der Waals surface area contributed by atoms with Crippen molar-refractivity contribution in [3.63, 3.8) is 0 Å². The van der Waals surface area contributed by atoms with Crippen molar-refractivity contribution >= 4 is 0 Å². The summed E-state index contributed by atoms with van der Waals surface area (Å²) in [6, 6.07) is 9.12. The SMILES string of the molecule is COc1cc(O)cc([C@@H]2CC(O)(c3ccc(C(F)(F)F)cc3)C[C@H](C)N2)c1. The lowest BCUT2D eigenvalue weighted by Gasteiger charge is -2.41. The van der Waals surface area contributed by atoms with Crippen LogP contribution >= 0.6 is 0 Å². The van der Waals surface area contributed by atoms with Gasteiger partial charge in [-0.1, -0.05) is 12.1 Å². The number of aliphatic hydroxyl groups is 1. The Morgan fingerprint density at radius 1 is 1.11 bits per heavy atom. The fraction of sp³-hybridized carbons (Fsp3) is 0.400. The molecule has 7 heteroatoms. The van der Waals surface area contributed by atoms with Crippen LogP contribution in [0.1, 0.15) is 42.5 Å². The van der Waals surface area contributed by atoms with Gasteiger partial charge in [0, 0.05) is 18.2 Å². The summed E-state index contributed by atoms with van der Waals surface area (Å²) in [6.45, 7) is 1.90. The van der Waals surface area contributed by atoms with Gasteiger partial charge < -0.3 is 20.3 Å². The van der Waals surface area contributed by atoms with Gasteiger partial charge in [0.25, 0.3) is 0 Å². The third-order valence-corrected chi connectivity index (χ3v) is 4.97. The highest BCUT2D eigenvalue weighted by Gasteiger charge is 2.40. The molecule has 1 saturated heterocycles. The molecule has 0 aliphatic carbocycles. The van der Waals surface area contributed by atoms with Crippen molar-refractivity contribution in [3.8, 4) is 11.5 Å². The Hall–Kier alpha value is -2.25. The van der Waals surface area contributed by atoms with Gasteiger partial charge in [-0.2, -0.15) is 13.2 Å². The highest BCUT2D eigenvalue weighted by Crippen LogP contribution is 2.42. The number of rotatable bonds is 3. The molecule has 1 fully saturated rings. The van der Waals surface area contributed by atoms with Gasteiger partial charge in [-0.05, 0) is 55.2 Å². The van der Waals surface area contributed by atoms with E-state index in [0.29, 0.717) is 17.7 Å². The number of phenolic OH excluding ortho intramolecular Hbond substituents is 1. The molecule has 3 N–H and O–H groups in total. The summed E-state index contributed by atoms with van der Waals surface area (Å²) >= 11 is 0. The molecule has 0 radical (unpaired) electrons. The largest absolute Gasteiger partial charge is 0.508 e. The minimum absolute atomic E-state index is 0.0439. The van der Waals surface area contributed by atoms with Crippen molar-refractivity contribution in [2.75, 3.05) is 7.11 Å². The molecule has 2 aromatic carbocycles. The molecule has 27 heavy (non-hydrogen) atoms. The molecule has 146 valence electrons. The fourth-order valence-corrected chi connectivity index (χ4v) is 3.73. The topological polar surface area (TPSA) is 61.7 Å². The van der Waals surface area contributed by atoms with E-state index in [4.69, 9.17) is 4.74 Å². The van der Waals surface area contributed by atoms with E-state index in [2.05, 4.69) is 5.32 Å². The van der Waals surface area contributed by atoms with E-state index >= 15 is 0 Å². The van der Waals surface area contributed by atoms with Crippen molar-refractivity contribution in [2.24, 2.45) is 0 Å². The summed E-state index contributed by atoms with van der Waals surface area (Å²) in [7, 11) is 1.49. The molecule has 1 aliphatic heterocycles. The van der Waals surface area contributed by atoms with Gasteiger partial charge in [0.2, 0.25) is 0 Å². The summed E-state index contributed by atoms with van der Waals surface area (Å²) in [5, 5.41) is 24.5. The van der Waals surface area contributed by atoms with Crippen LogP contribution in [0.4, 0.5) is 13.2 Å². The van der Waals surface area contributed by atoms with Crippen molar-refractivity contribution in [2.45, 2.75) is 43.6 Å². The van der Waals surface area contributed by atoms with Gasteiger partial charge in [-0.25, -0.2) is 0 Å². The molecule has 1 unspecified atom stereocenters. The summed E-state index contributed by atoms with van der Waals surface area (Å²) in [4.78, 5) is 0. The number of piperidine rings is 1. The molecule has 0 aromatic heterocycles. The Labute approximate surface area is 155 Å². The number of alkyl halides is 3. The first kappa shape index (κ1) is 19.5. The van der Waals surface area contributed by atoms with Crippen molar-refractivity contribution in [1.29, 1.82) is 0 Å². The van der Waals surface area contributed by atoms with E-state index in [-0.39, 0.29) is 24.3 Å². The van der Waals surface area contributed by atoms with Crippen LogP contribution in [0, 0.1) is 0 Å². The maximum atomic E-state index is 12.8. The average molecular weight is 381 g/mol. The highest BCUT2D eigenvalue weighted by atomic mass is 19.4. The number of phenols is 1. The Kier molecular flexibility index (Phi) is 5.10. The molecule has 4 nitrogen and oxygen atoms in total. The lowest BCUT2D eigenvalue weighted by Crippen LogP contribution is -2.46. The number of aromatic hydroxyl groups is 1. The molecule has 0 amide bonds. The van der Waals surface area contributed by atoms with Gasteiger partial charge in [-0.15, -0.1) is 0 Å². The molecule has 2 aromatic rings. The first-order chi connectivity index (χ1) is 12.6. The zero-order valence-electron chi connectivity index (χ0n) is 15.0. The standard InChI is InChI=1S/C20H22F3NO3/c1-12-10-19(26,14-3-5-15(6-4-14)20(21,22)23)11-18(24-12)13-7-16(25)9-17(8-13)27-2/h3-9,12,18,24-26H,10-11H2,1-2H3/t12-,18-,19?/m0/s1. The fourth-order valence-electron chi connectivity index (χ4n) is 3.73. The van der Waals surface area contributed by atoms with Crippen LogP contribution in [0.15, 0.2) is 42.5 Å². The van der Waals surface area contributed by atoms with Crippen LogP contribution in [0.5, 0.6) is 11.5 Å². The minimum Gasteiger partial charge on any atom is -0.508 e. The monoisotopic (exact) mass is 381 g/mol. The third kappa shape index (κ3) is 4.20. The van der Waals surface area contributed by atoms with E-state index in [1.54, 1.807) is 12.1 Å². The first-order valence-corrected chi connectivity index (χ1v) is 8.65. The maximum absolute atomic E-state index is 12.8. The van der Waals surface area contributed by atoms with Gasteiger partial charge in [0.1, 0.15) is 11.5 Å². The van der Waals surface area contributed by atoms with Crippen molar-refractivity contribution in [1.82, 2.24) is 5.32 Å². The predicted octanol–water partition coefficient (Wildman–Crippen LogP) is 4.12. The Bertz CT molecular complexity index is 807. The maximum Gasteiger partial charge on any atom is 0.416 e. The summed E-state index contributed by atoms with van der Waals surface area (Å²) in [5.41, 5.74) is -0.839. The van der Waals surface area contributed by atoms with E-state index in [9.17, 15) is 23.4 Å². The molecule has 0 saturated carbocycles. The zero-order valence-corrected chi connectivity index (χ0v) is 15.0. The van der Waals surface area contributed by atoms with Crippen molar-refractivity contribution in [3.05, 3.63) is 59.2 Å². The second-order valence-corrected chi connectivity index (χ2v) is 7.10. The van der Waals surface area contributed by atoms with E-state index in [1.807, 2.05) is 6.92 Å². The zero-order chi connectivity index (χ0) is 19.8. The molecule has 3 rings (SSSR count). The Morgan fingerprint density at radius 3 is 2.37 bits per heavy atom. The second-order valence-electron chi connectivity index (χ2n) is 7.10. The molecule has 3 atom stereocenters. The number of nitrogens with one attached hydrogen (secondary N) is 1. The lowest BCUT2D eigenvalue weighted by atomic mass is 9.77. The first-order valence-electron chi connectivity index (χ1n) is 8.65. The summed E-state index contributed by atoms with van der Waals surface area (Å²) in [5.74, 6) is 0.533. The number of hydrogen-bond acceptors (Lipinski definition) is 4. The molecular formula is C20H22F3NO3. The second kappa shape index (κ2) is 7.05. The van der Waals surface area contributed by atoms with Crippen LogP contribution in [-0.4, -0.2) is 23.4 Å². The molecule has 1 aliphatic rings. The summed E-state index contributed by atoms with van der Waals surface area (Å²) in [6.07, 6.45) is -3.79. The van der Waals surface area contributed by atoms with Crippen LogP contribution in [0.3, 0.4) is 0 Å². The highest BCUT2D eigenvalue weighted by molar-refractivity contribution is 5.40. The van der Waals surface area contributed by atoms with Gasteiger partial charge in [0.05, 0.1) is 18.3 Å².